The minimum Gasteiger partial charge on any atom is -0.381 e. The zero-order valence-corrected chi connectivity index (χ0v) is 16.2. The Labute approximate surface area is 159 Å². The van der Waals surface area contributed by atoms with Gasteiger partial charge in [-0.3, -0.25) is 9.78 Å². The number of anilines is 1. The van der Waals surface area contributed by atoms with E-state index in [2.05, 4.69) is 46.7 Å². The zero-order chi connectivity index (χ0) is 18.4. The minimum absolute atomic E-state index is 0.0451. The molecule has 1 atom stereocenters. The van der Waals surface area contributed by atoms with Gasteiger partial charge in [-0.15, -0.1) is 0 Å². The van der Waals surface area contributed by atoms with E-state index in [-0.39, 0.29) is 11.4 Å². The Hall–Kier alpha value is -2.05. The summed E-state index contributed by atoms with van der Waals surface area (Å²) in [5.41, 5.74) is 2.58. The lowest BCUT2D eigenvalue weighted by Gasteiger charge is -2.35. The van der Waals surface area contributed by atoms with Crippen molar-refractivity contribution in [2.45, 2.75) is 18.5 Å². The molecule has 1 amide bonds. The first-order valence-electron chi connectivity index (χ1n) is 8.86. The van der Waals surface area contributed by atoms with Crippen molar-refractivity contribution in [1.29, 1.82) is 0 Å². The molecule has 5 nitrogen and oxygen atoms in total. The molecule has 1 saturated heterocycles. The van der Waals surface area contributed by atoms with E-state index in [9.17, 15) is 4.79 Å². The van der Waals surface area contributed by atoms with E-state index in [0.29, 0.717) is 18.8 Å². The fourth-order valence-corrected chi connectivity index (χ4v) is 4.60. The first-order valence-corrected chi connectivity index (χ1v) is 10.0. The van der Waals surface area contributed by atoms with Gasteiger partial charge in [0, 0.05) is 36.3 Å². The highest BCUT2D eigenvalue weighted by molar-refractivity contribution is 7.99. The van der Waals surface area contributed by atoms with Gasteiger partial charge in [-0.05, 0) is 44.0 Å². The number of carbonyl (C=O) groups is 1. The number of carbonyl (C=O) groups excluding carboxylic acids is 1. The molecule has 1 fully saturated rings. The number of amides is 1. The van der Waals surface area contributed by atoms with Gasteiger partial charge in [-0.2, -0.15) is 11.8 Å². The number of hydrogen-bond acceptors (Lipinski definition) is 5. The average molecular weight is 371 g/mol. The number of thioether (sulfide) groups is 1. The van der Waals surface area contributed by atoms with Crippen molar-refractivity contribution in [3.63, 3.8) is 0 Å². The first kappa shape index (κ1) is 18.7. The second-order valence-corrected chi connectivity index (χ2v) is 7.98. The van der Waals surface area contributed by atoms with Gasteiger partial charge in [0.2, 0.25) is 0 Å². The number of benzene rings is 1. The van der Waals surface area contributed by atoms with Crippen LogP contribution in [0, 0.1) is 0 Å². The van der Waals surface area contributed by atoms with Crippen molar-refractivity contribution in [3.05, 3.63) is 59.9 Å². The number of aromatic nitrogens is 1. The lowest BCUT2D eigenvalue weighted by molar-refractivity contribution is 0.0909. The minimum atomic E-state index is -0.119. The van der Waals surface area contributed by atoms with Crippen LogP contribution in [0.1, 0.15) is 22.5 Å². The topological polar surface area (TPSA) is 57.3 Å². The van der Waals surface area contributed by atoms with Crippen molar-refractivity contribution in [3.8, 4) is 0 Å². The number of nitrogens with zero attached hydrogens (tertiary/aromatic N) is 2. The van der Waals surface area contributed by atoms with Crippen LogP contribution in [-0.2, 0) is 6.54 Å². The highest BCUT2D eigenvalue weighted by Gasteiger charge is 2.36. The fraction of sp³-hybridized carbons (Fsp3) is 0.400. The number of pyridine rings is 1. The molecule has 0 bridgehead atoms. The van der Waals surface area contributed by atoms with Gasteiger partial charge < -0.3 is 15.5 Å². The summed E-state index contributed by atoms with van der Waals surface area (Å²) in [6, 6.07) is 13.9. The third-order valence-electron chi connectivity index (χ3n) is 4.94. The molecule has 1 aliphatic rings. The van der Waals surface area contributed by atoms with Crippen LogP contribution < -0.4 is 10.6 Å². The molecule has 26 heavy (non-hydrogen) atoms. The first-order chi connectivity index (χ1) is 12.6. The van der Waals surface area contributed by atoms with E-state index >= 15 is 0 Å². The van der Waals surface area contributed by atoms with E-state index in [4.69, 9.17) is 0 Å². The quantitative estimate of drug-likeness (QED) is 0.785. The molecule has 0 aliphatic carbocycles. The zero-order valence-electron chi connectivity index (χ0n) is 15.4. The normalized spacial score (nSPS) is 19.5. The molecule has 3 rings (SSSR count). The Bertz CT molecular complexity index is 730. The fourth-order valence-electron chi connectivity index (χ4n) is 3.05. The molecule has 0 spiro atoms. The molecule has 6 heteroatoms. The van der Waals surface area contributed by atoms with Crippen LogP contribution in [0.3, 0.4) is 0 Å². The summed E-state index contributed by atoms with van der Waals surface area (Å²) in [5.74, 6) is 2.07. The third-order valence-corrected chi connectivity index (χ3v) is 6.18. The molecule has 2 heterocycles. The number of rotatable bonds is 7. The Kier molecular flexibility index (Phi) is 6.16. The molecule has 138 valence electrons. The molecule has 1 aromatic heterocycles. The number of likely N-dealkylation sites (N-methyl/N-ethyl adjacent to an activating group) is 1. The van der Waals surface area contributed by atoms with E-state index in [1.54, 1.807) is 6.20 Å². The second kappa shape index (κ2) is 8.56. The maximum Gasteiger partial charge on any atom is 0.270 e. The van der Waals surface area contributed by atoms with Crippen LogP contribution in [0.2, 0.25) is 0 Å². The van der Waals surface area contributed by atoms with Crippen molar-refractivity contribution in [2.24, 2.45) is 0 Å². The molecule has 2 aromatic rings. The van der Waals surface area contributed by atoms with Crippen LogP contribution >= 0.6 is 11.8 Å². The highest BCUT2D eigenvalue weighted by Crippen LogP contribution is 2.31. The van der Waals surface area contributed by atoms with Gasteiger partial charge in [0.1, 0.15) is 5.69 Å². The van der Waals surface area contributed by atoms with Crippen molar-refractivity contribution < 1.29 is 4.79 Å². The summed E-state index contributed by atoms with van der Waals surface area (Å²) in [6.45, 7) is 1.36. The largest absolute Gasteiger partial charge is 0.381 e. The molecular formula is C20H26N4OS. The summed E-state index contributed by atoms with van der Waals surface area (Å²) in [5, 5.41) is 6.43. The number of hydrogen-bond donors (Lipinski definition) is 2. The highest BCUT2D eigenvalue weighted by atomic mass is 32.2. The summed E-state index contributed by atoms with van der Waals surface area (Å²) in [6.07, 6.45) is 2.77. The van der Waals surface area contributed by atoms with Crippen LogP contribution in [0.5, 0.6) is 0 Å². The maximum atomic E-state index is 12.6. The average Bonchev–Trinajstić information content (AvgIpc) is 3.16. The summed E-state index contributed by atoms with van der Waals surface area (Å²) >= 11 is 1.95. The van der Waals surface area contributed by atoms with Gasteiger partial charge in [-0.1, -0.05) is 30.3 Å². The van der Waals surface area contributed by atoms with Gasteiger partial charge >= 0.3 is 0 Å². The summed E-state index contributed by atoms with van der Waals surface area (Å²) in [4.78, 5) is 19.0. The van der Waals surface area contributed by atoms with E-state index < -0.39 is 0 Å². The second-order valence-electron chi connectivity index (χ2n) is 6.87. The Morgan fingerprint density at radius 3 is 2.77 bits per heavy atom. The Morgan fingerprint density at radius 1 is 1.27 bits per heavy atom. The van der Waals surface area contributed by atoms with E-state index in [0.717, 1.165) is 23.6 Å². The smallest absolute Gasteiger partial charge is 0.270 e. The van der Waals surface area contributed by atoms with Gasteiger partial charge in [0.15, 0.2) is 0 Å². The molecule has 1 unspecified atom stereocenters. The van der Waals surface area contributed by atoms with Gasteiger partial charge in [0.25, 0.3) is 5.91 Å². The predicted molar refractivity (Wildman–Crippen MR) is 109 cm³/mol. The molecule has 1 aliphatic heterocycles. The van der Waals surface area contributed by atoms with Crippen molar-refractivity contribution in [1.82, 2.24) is 15.2 Å². The Morgan fingerprint density at radius 2 is 2.08 bits per heavy atom. The van der Waals surface area contributed by atoms with Crippen LogP contribution in [0.25, 0.3) is 0 Å². The monoisotopic (exact) mass is 370 g/mol. The summed E-state index contributed by atoms with van der Waals surface area (Å²) < 4.78 is 0. The van der Waals surface area contributed by atoms with Crippen molar-refractivity contribution in [2.75, 3.05) is 37.5 Å². The van der Waals surface area contributed by atoms with Crippen molar-refractivity contribution >= 4 is 23.4 Å². The van der Waals surface area contributed by atoms with E-state index in [1.807, 2.05) is 42.1 Å². The lowest BCUT2D eigenvalue weighted by atomic mass is 9.97. The molecule has 1 aromatic carbocycles. The lowest BCUT2D eigenvalue weighted by Crippen LogP contribution is -2.53. The molecule has 0 radical (unpaired) electrons. The van der Waals surface area contributed by atoms with Gasteiger partial charge in [-0.25, -0.2) is 0 Å². The van der Waals surface area contributed by atoms with Crippen LogP contribution in [0.4, 0.5) is 5.69 Å². The predicted octanol–water partition coefficient (Wildman–Crippen LogP) is 2.86. The van der Waals surface area contributed by atoms with Crippen LogP contribution in [0.15, 0.2) is 48.7 Å². The van der Waals surface area contributed by atoms with E-state index in [1.165, 1.54) is 5.56 Å². The maximum absolute atomic E-state index is 12.6. The number of nitrogens with one attached hydrogen (secondary N) is 2. The molecule has 2 N–H and O–H groups in total. The Balaban J connectivity index is 1.59. The van der Waals surface area contributed by atoms with Crippen LogP contribution in [-0.4, -0.2) is 53.5 Å². The summed E-state index contributed by atoms with van der Waals surface area (Å²) in [7, 11) is 4.18. The molecular weight excluding hydrogens is 344 g/mol. The van der Waals surface area contributed by atoms with Gasteiger partial charge in [0.05, 0.1) is 0 Å². The third kappa shape index (κ3) is 4.56. The standard InChI is InChI=1S/C20H26N4OS/c1-24(2)20(9-11-26-15-20)14-23-19(25)18-12-17(8-10-21-18)22-13-16-6-4-3-5-7-16/h3-8,10,12H,9,11,13-15H2,1-2H3,(H,21,22)(H,23,25). The SMILES string of the molecule is CN(C)C1(CNC(=O)c2cc(NCc3ccccc3)ccn2)CCSC1. The molecule has 0 saturated carbocycles.